The molecule has 26 heavy (non-hydrogen) atoms. The summed E-state index contributed by atoms with van der Waals surface area (Å²) in [5, 5.41) is 5.55. The van der Waals surface area contributed by atoms with Gasteiger partial charge in [0.1, 0.15) is 5.75 Å². The second kappa shape index (κ2) is 9.38. The van der Waals surface area contributed by atoms with Gasteiger partial charge >= 0.3 is 0 Å². The van der Waals surface area contributed by atoms with Crippen molar-refractivity contribution in [3.8, 4) is 5.75 Å². The van der Waals surface area contributed by atoms with Gasteiger partial charge in [0.05, 0.1) is 11.1 Å². The molecule has 6 heteroatoms. The van der Waals surface area contributed by atoms with E-state index in [0.29, 0.717) is 41.6 Å². The number of hydrogen-bond acceptors (Lipinski definition) is 3. The quantitative estimate of drug-likeness (QED) is 0.695. The number of hydrogen-bond donors (Lipinski definition) is 2. The van der Waals surface area contributed by atoms with Crippen LogP contribution < -0.4 is 15.4 Å². The Morgan fingerprint density at radius 2 is 1.81 bits per heavy atom. The molecule has 2 N–H and O–H groups in total. The van der Waals surface area contributed by atoms with Crippen LogP contribution in [0.1, 0.15) is 41.5 Å². The van der Waals surface area contributed by atoms with Gasteiger partial charge in [0.25, 0.3) is 11.8 Å². The Kier molecular flexibility index (Phi) is 7.21. The molecule has 0 aromatic heterocycles. The van der Waals surface area contributed by atoms with Gasteiger partial charge in [0.2, 0.25) is 0 Å². The third-order valence-electron chi connectivity index (χ3n) is 3.49. The molecule has 2 rings (SSSR count). The summed E-state index contributed by atoms with van der Waals surface area (Å²) in [4.78, 5) is 24.4. The number of carbonyl (C=O) groups is 2. The molecule has 0 fully saturated rings. The summed E-state index contributed by atoms with van der Waals surface area (Å²) in [6, 6.07) is 12.0. The SMILES string of the molecule is CCNC(=O)c1cccc(NC(=O)c2ccc(OCC(C)C)c(Br)c2)c1. The lowest BCUT2D eigenvalue weighted by Crippen LogP contribution is -2.22. The maximum atomic E-state index is 12.5. The van der Waals surface area contributed by atoms with Gasteiger partial charge < -0.3 is 15.4 Å². The molecule has 2 aromatic carbocycles. The van der Waals surface area contributed by atoms with Crippen LogP contribution in [0.15, 0.2) is 46.9 Å². The summed E-state index contributed by atoms with van der Waals surface area (Å²) < 4.78 is 6.42. The minimum Gasteiger partial charge on any atom is -0.492 e. The van der Waals surface area contributed by atoms with E-state index >= 15 is 0 Å². The molecule has 2 amide bonds. The van der Waals surface area contributed by atoms with Crippen molar-refractivity contribution in [3.05, 3.63) is 58.1 Å². The van der Waals surface area contributed by atoms with Gasteiger partial charge in [-0.15, -0.1) is 0 Å². The van der Waals surface area contributed by atoms with Crippen LogP contribution in [0, 0.1) is 5.92 Å². The lowest BCUT2D eigenvalue weighted by Gasteiger charge is -2.12. The van der Waals surface area contributed by atoms with Gasteiger partial charge in [-0.2, -0.15) is 0 Å². The number of ether oxygens (including phenoxy) is 1. The summed E-state index contributed by atoms with van der Waals surface area (Å²) in [6.45, 7) is 7.16. The summed E-state index contributed by atoms with van der Waals surface area (Å²) in [5.74, 6) is 0.697. The van der Waals surface area contributed by atoms with E-state index in [1.165, 1.54) is 0 Å². The van der Waals surface area contributed by atoms with Gasteiger partial charge in [-0.1, -0.05) is 19.9 Å². The van der Waals surface area contributed by atoms with Crippen LogP contribution in [0.5, 0.6) is 5.75 Å². The Hall–Kier alpha value is -2.34. The lowest BCUT2D eigenvalue weighted by molar-refractivity contribution is 0.0954. The van der Waals surface area contributed by atoms with Crippen LogP contribution in [0.4, 0.5) is 5.69 Å². The highest BCUT2D eigenvalue weighted by Crippen LogP contribution is 2.27. The Morgan fingerprint density at radius 3 is 2.46 bits per heavy atom. The molecule has 0 saturated carbocycles. The molecule has 138 valence electrons. The maximum Gasteiger partial charge on any atom is 0.255 e. The van der Waals surface area contributed by atoms with Gasteiger partial charge in [0.15, 0.2) is 0 Å². The molecule has 0 heterocycles. The van der Waals surface area contributed by atoms with Crippen molar-refractivity contribution in [1.82, 2.24) is 5.32 Å². The predicted octanol–water partition coefficient (Wildman–Crippen LogP) is 4.49. The highest BCUT2D eigenvalue weighted by molar-refractivity contribution is 9.10. The van der Waals surface area contributed by atoms with Crippen molar-refractivity contribution in [2.45, 2.75) is 20.8 Å². The second-order valence-electron chi connectivity index (χ2n) is 6.24. The van der Waals surface area contributed by atoms with Crippen LogP contribution in [-0.4, -0.2) is 25.0 Å². The van der Waals surface area contributed by atoms with E-state index < -0.39 is 0 Å². The van der Waals surface area contributed by atoms with Crippen molar-refractivity contribution in [3.63, 3.8) is 0 Å². The van der Waals surface area contributed by atoms with Gasteiger partial charge in [0, 0.05) is 23.4 Å². The molecule has 0 spiro atoms. The minimum absolute atomic E-state index is 0.169. The topological polar surface area (TPSA) is 67.4 Å². The highest BCUT2D eigenvalue weighted by Gasteiger charge is 2.11. The number of halogens is 1. The smallest absolute Gasteiger partial charge is 0.255 e. The first-order valence-electron chi connectivity index (χ1n) is 8.52. The van der Waals surface area contributed by atoms with E-state index in [1.807, 2.05) is 6.92 Å². The fourth-order valence-corrected chi connectivity index (χ4v) is 2.71. The molecule has 0 aliphatic carbocycles. The molecule has 0 bridgehead atoms. The Morgan fingerprint density at radius 1 is 1.08 bits per heavy atom. The van der Waals surface area contributed by atoms with Crippen LogP contribution in [0.3, 0.4) is 0 Å². The first kappa shape index (κ1) is 20.0. The molecule has 0 aliphatic heterocycles. The van der Waals surface area contributed by atoms with E-state index in [9.17, 15) is 9.59 Å². The van der Waals surface area contributed by atoms with Crippen LogP contribution in [-0.2, 0) is 0 Å². The predicted molar refractivity (Wildman–Crippen MR) is 107 cm³/mol. The monoisotopic (exact) mass is 418 g/mol. The lowest BCUT2D eigenvalue weighted by atomic mass is 10.1. The first-order chi connectivity index (χ1) is 12.4. The molecule has 0 saturated heterocycles. The minimum atomic E-state index is -0.255. The average Bonchev–Trinajstić information content (AvgIpc) is 2.61. The molecule has 2 aromatic rings. The summed E-state index contributed by atoms with van der Waals surface area (Å²) in [5.41, 5.74) is 1.57. The molecule has 0 unspecified atom stereocenters. The number of anilines is 1. The van der Waals surface area contributed by atoms with Crippen molar-refractivity contribution in [2.24, 2.45) is 5.92 Å². The van der Waals surface area contributed by atoms with E-state index in [-0.39, 0.29) is 11.8 Å². The molecule has 0 aliphatic rings. The van der Waals surface area contributed by atoms with Gasteiger partial charge in [-0.25, -0.2) is 0 Å². The molecular formula is C20H23BrN2O3. The summed E-state index contributed by atoms with van der Waals surface area (Å²) >= 11 is 3.44. The standard InChI is InChI=1S/C20H23BrN2O3/c1-4-22-19(24)14-6-5-7-16(10-14)23-20(25)15-8-9-18(17(21)11-15)26-12-13(2)3/h5-11,13H,4,12H2,1-3H3,(H,22,24)(H,23,25). The fourth-order valence-electron chi connectivity index (χ4n) is 2.22. The first-order valence-corrected chi connectivity index (χ1v) is 9.32. The van der Waals surface area contributed by atoms with Crippen LogP contribution in [0.2, 0.25) is 0 Å². The van der Waals surface area contributed by atoms with E-state index in [4.69, 9.17) is 4.74 Å². The van der Waals surface area contributed by atoms with Crippen LogP contribution in [0.25, 0.3) is 0 Å². The summed E-state index contributed by atoms with van der Waals surface area (Å²) in [7, 11) is 0. The van der Waals surface area contributed by atoms with Gasteiger partial charge in [-0.05, 0) is 65.2 Å². The third-order valence-corrected chi connectivity index (χ3v) is 4.11. The van der Waals surface area contributed by atoms with Crippen molar-refractivity contribution >= 4 is 33.4 Å². The number of amides is 2. The number of nitrogens with one attached hydrogen (secondary N) is 2. The van der Waals surface area contributed by atoms with E-state index in [2.05, 4.69) is 40.4 Å². The van der Waals surface area contributed by atoms with Crippen molar-refractivity contribution in [2.75, 3.05) is 18.5 Å². The van der Waals surface area contributed by atoms with E-state index in [1.54, 1.807) is 42.5 Å². The number of carbonyl (C=O) groups excluding carboxylic acids is 2. The average molecular weight is 419 g/mol. The zero-order valence-corrected chi connectivity index (χ0v) is 16.7. The zero-order valence-electron chi connectivity index (χ0n) is 15.1. The normalized spacial score (nSPS) is 10.5. The van der Waals surface area contributed by atoms with E-state index in [0.717, 1.165) is 4.47 Å². The van der Waals surface area contributed by atoms with Crippen molar-refractivity contribution < 1.29 is 14.3 Å². The Bertz CT molecular complexity index is 790. The summed E-state index contributed by atoms with van der Waals surface area (Å²) in [6.07, 6.45) is 0. The molecule has 0 atom stereocenters. The maximum absolute atomic E-state index is 12.5. The molecular weight excluding hydrogens is 396 g/mol. The third kappa shape index (κ3) is 5.59. The zero-order chi connectivity index (χ0) is 19.1. The molecule has 0 radical (unpaired) electrons. The van der Waals surface area contributed by atoms with Crippen molar-refractivity contribution in [1.29, 1.82) is 0 Å². The van der Waals surface area contributed by atoms with Gasteiger partial charge in [-0.3, -0.25) is 9.59 Å². The highest BCUT2D eigenvalue weighted by atomic mass is 79.9. The Balaban J connectivity index is 2.09. The Labute approximate surface area is 162 Å². The second-order valence-corrected chi connectivity index (χ2v) is 7.10. The fraction of sp³-hybridized carbons (Fsp3) is 0.300. The number of rotatable bonds is 7. The number of benzene rings is 2. The molecule has 5 nitrogen and oxygen atoms in total. The van der Waals surface area contributed by atoms with Crippen LogP contribution >= 0.6 is 15.9 Å². The largest absolute Gasteiger partial charge is 0.492 e.